The largest absolute Gasteiger partial charge is 0.475 e. The van der Waals surface area contributed by atoms with E-state index in [4.69, 9.17) is 5.11 Å². The van der Waals surface area contributed by atoms with Crippen molar-refractivity contribution in [2.24, 2.45) is 0 Å². The number of ketones is 2. The van der Waals surface area contributed by atoms with Crippen molar-refractivity contribution in [1.29, 1.82) is 0 Å². The number of carbonyl (C=O) groups is 4. The molecule has 0 saturated carbocycles. The van der Waals surface area contributed by atoms with Crippen molar-refractivity contribution in [3.05, 3.63) is 0 Å². The van der Waals surface area contributed by atoms with Gasteiger partial charge in [0.15, 0.2) is 0 Å². The van der Waals surface area contributed by atoms with Gasteiger partial charge in [0.05, 0.1) is 16.8 Å². The quantitative estimate of drug-likeness (QED) is 0.418. The molecule has 0 fully saturated rings. The molecule has 104 valence electrons. The van der Waals surface area contributed by atoms with Crippen molar-refractivity contribution in [2.75, 3.05) is 11.9 Å². The fourth-order valence-corrected chi connectivity index (χ4v) is 1.01. The van der Waals surface area contributed by atoms with Crippen LogP contribution in [0.4, 0.5) is 0 Å². The third-order valence-electron chi connectivity index (χ3n) is 1.48. The van der Waals surface area contributed by atoms with Gasteiger partial charge in [0.25, 0.3) is 5.78 Å². The highest BCUT2D eigenvalue weighted by molar-refractivity contribution is 9.10. The number of alkyl halides is 2. The molecule has 0 rings (SSSR count). The van der Waals surface area contributed by atoms with E-state index in [1.54, 1.807) is 13.8 Å². The molecule has 0 aromatic carbocycles. The maximum absolute atomic E-state index is 10.4. The first kappa shape index (κ1) is 19.6. The summed E-state index contributed by atoms with van der Waals surface area (Å²) in [7, 11) is 0. The maximum atomic E-state index is 10.4. The molecule has 6 nitrogen and oxygen atoms in total. The van der Waals surface area contributed by atoms with E-state index in [0.29, 0.717) is 6.42 Å². The second-order valence-electron chi connectivity index (χ2n) is 2.82. The van der Waals surface area contributed by atoms with E-state index < -0.39 is 28.3 Å². The lowest BCUT2D eigenvalue weighted by molar-refractivity contribution is -0.152. The fourth-order valence-electron chi connectivity index (χ4n) is 0.586. The van der Waals surface area contributed by atoms with Gasteiger partial charge in [0.1, 0.15) is 0 Å². The average molecular weight is 390 g/mol. The Balaban J connectivity index is 0. The number of ether oxygens (including phenoxy) is 1. The Labute approximate surface area is 121 Å². The van der Waals surface area contributed by atoms with Gasteiger partial charge in [-0.05, 0) is 13.3 Å². The predicted octanol–water partition coefficient (Wildman–Crippen LogP) is 1.33. The first-order chi connectivity index (χ1) is 8.31. The van der Waals surface area contributed by atoms with Crippen LogP contribution in [0.1, 0.15) is 20.3 Å². The summed E-state index contributed by atoms with van der Waals surface area (Å²) < 4.78 is 4.38. The lowest BCUT2D eigenvalue weighted by Gasteiger charge is -1.97. The van der Waals surface area contributed by atoms with E-state index in [0.717, 1.165) is 0 Å². The molecular formula is C10H14Br2O6. The first-order valence-electron chi connectivity index (χ1n) is 4.98. The Kier molecular flexibility index (Phi) is 12.3. The van der Waals surface area contributed by atoms with Gasteiger partial charge < -0.3 is 9.84 Å². The summed E-state index contributed by atoms with van der Waals surface area (Å²) in [6.07, 6.45) is 0.505. The summed E-state index contributed by atoms with van der Waals surface area (Å²) in [4.78, 5) is 40.6. The fraction of sp³-hybridized carbons (Fsp3) is 0.600. The average Bonchev–Trinajstić information content (AvgIpc) is 2.36. The van der Waals surface area contributed by atoms with Crippen LogP contribution in [-0.2, 0) is 23.9 Å². The highest BCUT2D eigenvalue weighted by Gasteiger charge is 2.19. The molecule has 0 radical (unpaired) electrons. The Hall–Kier alpha value is -0.760. The summed E-state index contributed by atoms with van der Waals surface area (Å²) in [5.74, 6) is -3.47. The van der Waals surface area contributed by atoms with E-state index in [-0.39, 0.29) is 11.9 Å². The van der Waals surface area contributed by atoms with E-state index in [2.05, 4.69) is 36.6 Å². The van der Waals surface area contributed by atoms with Gasteiger partial charge in [-0.25, -0.2) is 9.59 Å². The van der Waals surface area contributed by atoms with Gasteiger partial charge >= 0.3 is 11.9 Å². The minimum Gasteiger partial charge on any atom is -0.475 e. The van der Waals surface area contributed by atoms with Crippen LogP contribution in [0.25, 0.3) is 0 Å². The Bertz CT molecular complexity index is 315. The molecule has 1 N–H and O–H groups in total. The number of esters is 1. The molecule has 0 bridgehead atoms. The third-order valence-corrected chi connectivity index (χ3v) is 3.05. The Morgan fingerprint density at radius 1 is 1.22 bits per heavy atom. The molecule has 1 atom stereocenters. The Morgan fingerprint density at radius 2 is 1.72 bits per heavy atom. The minimum atomic E-state index is -1.38. The van der Waals surface area contributed by atoms with Crippen LogP contribution in [0.15, 0.2) is 0 Å². The van der Waals surface area contributed by atoms with Crippen LogP contribution in [-0.4, -0.2) is 45.4 Å². The predicted molar refractivity (Wildman–Crippen MR) is 71.1 cm³/mol. The van der Waals surface area contributed by atoms with Crippen molar-refractivity contribution in [1.82, 2.24) is 0 Å². The monoisotopic (exact) mass is 388 g/mol. The molecule has 0 aliphatic heterocycles. The zero-order chi connectivity index (χ0) is 14.7. The van der Waals surface area contributed by atoms with Crippen LogP contribution in [0, 0.1) is 0 Å². The number of hydrogen-bond acceptors (Lipinski definition) is 5. The van der Waals surface area contributed by atoms with Crippen molar-refractivity contribution in [3.63, 3.8) is 0 Å². The minimum absolute atomic E-state index is 0.0336. The molecule has 0 saturated heterocycles. The lowest BCUT2D eigenvalue weighted by atomic mass is 10.2. The van der Waals surface area contributed by atoms with Gasteiger partial charge in [0.2, 0.25) is 5.78 Å². The zero-order valence-electron chi connectivity index (χ0n) is 9.94. The SMILES string of the molecule is CCC(Br)C(=O)C(=O)O.CCOC(=O)C(=O)CBr. The Morgan fingerprint density at radius 3 is 1.94 bits per heavy atom. The highest BCUT2D eigenvalue weighted by atomic mass is 79.9. The second kappa shape index (κ2) is 11.3. The molecule has 0 heterocycles. The van der Waals surface area contributed by atoms with Crippen molar-refractivity contribution in [3.8, 4) is 0 Å². The van der Waals surface area contributed by atoms with Gasteiger partial charge in [0, 0.05) is 0 Å². The van der Waals surface area contributed by atoms with Crippen LogP contribution in [0.3, 0.4) is 0 Å². The molecule has 18 heavy (non-hydrogen) atoms. The number of carboxylic acids is 1. The zero-order valence-corrected chi connectivity index (χ0v) is 13.1. The first-order valence-corrected chi connectivity index (χ1v) is 7.02. The van der Waals surface area contributed by atoms with Crippen LogP contribution in [0.5, 0.6) is 0 Å². The van der Waals surface area contributed by atoms with Crippen LogP contribution < -0.4 is 0 Å². The number of aliphatic carboxylic acids is 1. The lowest BCUT2D eigenvalue weighted by Crippen LogP contribution is -2.22. The van der Waals surface area contributed by atoms with Crippen molar-refractivity contribution < 1.29 is 29.0 Å². The topological polar surface area (TPSA) is 97.7 Å². The molecule has 0 amide bonds. The molecule has 0 aromatic rings. The summed E-state index contributed by atoms with van der Waals surface area (Å²) in [6.45, 7) is 3.64. The second-order valence-corrected chi connectivity index (χ2v) is 4.49. The normalized spacial score (nSPS) is 10.7. The molecule has 0 spiro atoms. The number of Topliss-reactive ketones (excluding diaryl/α,β-unsaturated/α-hetero) is 2. The van der Waals surface area contributed by atoms with Crippen LogP contribution in [0.2, 0.25) is 0 Å². The van der Waals surface area contributed by atoms with Crippen LogP contribution >= 0.6 is 31.9 Å². The van der Waals surface area contributed by atoms with E-state index in [1.807, 2.05) is 0 Å². The summed E-state index contributed by atoms with van der Waals surface area (Å²) in [5.41, 5.74) is 0. The van der Waals surface area contributed by atoms with Gasteiger partial charge in [-0.1, -0.05) is 38.8 Å². The molecule has 0 aliphatic rings. The molecular weight excluding hydrogens is 376 g/mol. The molecule has 1 unspecified atom stereocenters. The van der Waals surface area contributed by atoms with Crippen molar-refractivity contribution in [2.45, 2.75) is 25.1 Å². The molecule has 8 heteroatoms. The third kappa shape index (κ3) is 9.29. The number of carboxylic acid groups (broad SMARTS) is 1. The number of halogens is 2. The summed E-state index contributed by atoms with van der Waals surface area (Å²) in [5, 5.41) is 8.14. The number of hydrogen-bond donors (Lipinski definition) is 1. The highest BCUT2D eigenvalue weighted by Crippen LogP contribution is 2.04. The van der Waals surface area contributed by atoms with E-state index in [1.165, 1.54) is 0 Å². The van der Waals surface area contributed by atoms with Gasteiger partial charge in [-0.2, -0.15) is 0 Å². The standard InChI is InChI=1S/2C5H7BrO3/c1-2-9-5(8)4(7)3-6;1-2-3(6)4(7)5(8)9/h2-3H2,1H3;3H,2H2,1H3,(H,8,9). The molecule has 0 aromatic heterocycles. The summed E-state index contributed by atoms with van der Waals surface area (Å²) in [6, 6.07) is 0. The van der Waals surface area contributed by atoms with Gasteiger partial charge in [-0.3, -0.25) is 9.59 Å². The van der Waals surface area contributed by atoms with Gasteiger partial charge in [-0.15, -0.1) is 0 Å². The van der Waals surface area contributed by atoms with Crippen molar-refractivity contribution >= 4 is 55.4 Å². The number of carbonyl (C=O) groups excluding carboxylic acids is 3. The van der Waals surface area contributed by atoms with E-state index in [9.17, 15) is 19.2 Å². The summed E-state index contributed by atoms with van der Waals surface area (Å²) >= 11 is 5.75. The smallest absolute Gasteiger partial charge is 0.375 e. The van der Waals surface area contributed by atoms with E-state index >= 15 is 0 Å². The maximum Gasteiger partial charge on any atom is 0.375 e. The molecule has 0 aliphatic carbocycles. The number of rotatable bonds is 6.